The topological polar surface area (TPSA) is 53.5 Å². The minimum atomic E-state index is 0.841. The highest BCUT2D eigenvalue weighted by Gasteiger charge is 2.17. The molecule has 1 fully saturated rings. The number of fused-ring (bicyclic) bond motifs is 1. The number of anilines is 2. The molecule has 2 aromatic rings. The third kappa shape index (κ3) is 4.08. The van der Waals surface area contributed by atoms with Gasteiger partial charge in [-0.1, -0.05) is 24.3 Å². The molecule has 6 heteroatoms. The van der Waals surface area contributed by atoms with Crippen LogP contribution in [0.15, 0.2) is 36.7 Å². The maximum absolute atomic E-state index is 5.38. The second-order valence-corrected chi connectivity index (χ2v) is 6.58. The summed E-state index contributed by atoms with van der Waals surface area (Å²) >= 11 is 0. The molecule has 1 N–H and O–H groups in total. The van der Waals surface area contributed by atoms with Gasteiger partial charge in [-0.15, -0.1) is 0 Å². The van der Waals surface area contributed by atoms with Crippen LogP contribution >= 0.6 is 0 Å². The lowest BCUT2D eigenvalue weighted by atomic mass is 10.00. The van der Waals surface area contributed by atoms with Crippen molar-refractivity contribution in [3.63, 3.8) is 0 Å². The number of rotatable bonds is 5. The van der Waals surface area contributed by atoms with Crippen LogP contribution in [0.5, 0.6) is 0 Å². The van der Waals surface area contributed by atoms with Gasteiger partial charge in [-0.2, -0.15) is 0 Å². The van der Waals surface area contributed by atoms with Crippen LogP contribution in [0, 0.1) is 0 Å². The van der Waals surface area contributed by atoms with Crippen molar-refractivity contribution in [1.82, 2.24) is 14.9 Å². The SMILES string of the molecule is c1ccc2c(c1)CCN(c1cc(NCCN3CCOCC3)ncn1)C2. The molecule has 0 radical (unpaired) electrons. The predicted octanol–water partition coefficient (Wildman–Crippen LogP) is 1.78. The van der Waals surface area contributed by atoms with Crippen LogP contribution in [0.1, 0.15) is 11.1 Å². The number of benzene rings is 1. The number of nitrogens with one attached hydrogen (secondary N) is 1. The average molecular weight is 339 g/mol. The highest BCUT2D eigenvalue weighted by molar-refractivity contribution is 5.50. The Hall–Kier alpha value is -2.18. The Morgan fingerprint density at radius 1 is 1.04 bits per heavy atom. The van der Waals surface area contributed by atoms with Crippen LogP contribution in [-0.2, 0) is 17.7 Å². The van der Waals surface area contributed by atoms with Gasteiger partial charge in [-0.25, -0.2) is 9.97 Å². The monoisotopic (exact) mass is 339 g/mol. The van der Waals surface area contributed by atoms with Crippen LogP contribution in [0.3, 0.4) is 0 Å². The van der Waals surface area contributed by atoms with E-state index in [0.29, 0.717) is 0 Å². The molecular formula is C19H25N5O. The summed E-state index contributed by atoms with van der Waals surface area (Å²) in [6, 6.07) is 10.7. The normalized spacial score (nSPS) is 18.0. The quantitative estimate of drug-likeness (QED) is 0.896. The van der Waals surface area contributed by atoms with E-state index in [1.807, 2.05) is 0 Å². The van der Waals surface area contributed by atoms with Gasteiger partial charge < -0.3 is 15.0 Å². The fourth-order valence-electron chi connectivity index (χ4n) is 3.47. The first-order chi connectivity index (χ1) is 12.4. The van der Waals surface area contributed by atoms with Gasteiger partial charge in [0.05, 0.1) is 13.2 Å². The van der Waals surface area contributed by atoms with Gasteiger partial charge in [0.2, 0.25) is 0 Å². The first-order valence-electron chi connectivity index (χ1n) is 9.06. The first-order valence-corrected chi connectivity index (χ1v) is 9.06. The van der Waals surface area contributed by atoms with Crippen molar-refractivity contribution in [1.29, 1.82) is 0 Å². The molecule has 0 atom stereocenters. The van der Waals surface area contributed by atoms with E-state index in [4.69, 9.17) is 4.74 Å². The van der Waals surface area contributed by atoms with E-state index >= 15 is 0 Å². The fraction of sp³-hybridized carbons (Fsp3) is 0.474. The summed E-state index contributed by atoms with van der Waals surface area (Å²) in [6.45, 7) is 7.54. The van der Waals surface area contributed by atoms with E-state index in [2.05, 4.69) is 55.4 Å². The summed E-state index contributed by atoms with van der Waals surface area (Å²) in [5, 5.41) is 3.43. The zero-order chi connectivity index (χ0) is 16.9. The smallest absolute Gasteiger partial charge is 0.134 e. The molecule has 1 aromatic carbocycles. The zero-order valence-electron chi connectivity index (χ0n) is 14.5. The van der Waals surface area contributed by atoms with E-state index < -0.39 is 0 Å². The lowest BCUT2D eigenvalue weighted by Gasteiger charge is -2.30. The van der Waals surface area contributed by atoms with Gasteiger partial charge in [0, 0.05) is 45.3 Å². The lowest BCUT2D eigenvalue weighted by Crippen LogP contribution is -2.39. The number of ether oxygens (including phenoxy) is 1. The molecule has 1 aromatic heterocycles. The Morgan fingerprint density at radius 2 is 1.88 bits per heavy atom. The molecule has 2 aliphatic heterocycles. The molecule has 0 unspecified atom stereocenters. The Morgan fingerprint density at radius 3 is 2.76 bits per heavy atom. The molecule has 0 bridgehead atoms. The summed E-state index contributed by atoms with van der Waals surface area (Å²) in [7, 11) is 0. The number of hydrogen-bond donors (Lipinski definition) is 1. The van der Waals surface area contributed by atoms with Crippen molar-refractivity contribution in [3.05, 3.63) is 47.8 Å². The Kier molecular flexibility index (Phi) is 5.09. The molecular weight excluding hydrogens is 314 g/mol. The maximum atomic E-state index is 5.38. The minimum absolute atomic E-state index is 0.841. The van der Waals surface area contributed by atoms with Crippen molar-refractivity contribution < 1.29 is 4.74 Å². The number of nitrogens with zero attached hydrogens (tertiary/aromatic N) is 4. The van der Waals surface area contributed by atoms with E-state index in [-0.39, 0.29) is 0 Å². The van der Waals surface area contributed by atoms with Crippen molar-refractivity contribution in [2.45, 2.75) is 13.0 Å². The molecule has 6 nitrogen and oxygen atoms in total. The van der Waals surface area contributed by atoms with Crippen molar-refractivity contribution in [3.8, 4) is 0 Å². The summed E-state index contributed by atoms with van der Waals surface area (Å²) in [6.07, 6.45) is 2.73. The predicted molar refractivity (Wildman–Crippen MR) is 99.0 cm³/mol. The van der Waals surface area contributed by atoms with E-state index in [0.717, 1.165) is 70.5 Å². The summed E-state index contributed by atoms with van der Waals surface area (Å²) < 4.78 is 5.38. The highest BCUT2D eigenvalue weighted by atomic mass is 16.5. The highest BCUT2D eigenvalue weighted by Crippen LogP contribution is 2.23. The molecule has 0 spiro atoms. The standard InChI is InChI=1S/C19H25N5O/c1-2-4-17-14-24(7-5-16(17)3-1)19-13-18(21-15-22-19)20-6-8-23-9-11-25-12-10-23/h1-4,13,15H,5-12,14H2,(H,20,21,22). The fourth-order valence-corrected chi connectivity index (χ4v) is 3.47. The van der Waals surface area contributed by atoms with Crippen LogP contribution in [0.25, 0.3) is 0 Å². The molecule has 1 saturated heterocycles. The van der Waals surface area contributed by atoms with Crippen molar-refractivity contribution in [2.24, 2.45) is 0 Å². The van der Waals surface area contributed by atoms with E-state index in [1.54, 1.807) is 6.33 Å². The Balaban J connectivity index is 1.35. The third-order valence-corrected chi connectivity index (χ3v) is 4.95. The summed E-state index contributed by atoms with van der Waals surface area (Å²) in [4.78, 5) is 13.6. The van der Waals surface area contributed by atoms with Crippen molar-refractivity contribution >= 4 is 11.6 Å². The second kappa shape index (κ2) is 7.80. The third-order valence-electron chi connectivity index (χ3n) is 4.95. The number of aromatic nitrogens is 2. The van der Waals surface area contributed by atoms with Crippen LogP contribution in [-0.4, -0.2) is 60.8 Å². The molecule has 4 rings (SSSR count). The summed E-state index contributed by atoms with van der Waals surface area (Å²) in [5.41, 5.74) is 2.85. The van der Waals surface area contributed by atoms with Gasteiger partial charge >= 0.3 is 0 Å². The molecule has 0 amide bonds. The lowest BCUT2D eigenvalue weighted by molar-refractivity contribution is 0.0398. The van der Waals surface area contributed by atoms with Gasteiger partial charge in [0.25, 0.3) is 0 Å². The van der Waals surface area contributed by atoms with Crippen LogP contribution in [0.2, 0.25) is 0 Å². The van der Waals surface area contributed by atoms with E-state index in [9.17, 15) is 0 Å². The Bertz CT molecular complexity index is 702. The molecule has 0 aliphatic carbocycles. The maximum Gasteiger partial charge on any atom is 0.134 e. The van der Waals surface area contributed by atoms with Gasteiger partial charge in [0.15, 0.2) is 0 Å². The molecule has 132 valence electrons. The first kappa shape index (κ1) is 16.3. The van der Waals surface area contributed by atoms with E-state index in [1.165, 1.54) is 11.1 Å². The van der Waals surface area contributed by atoms with Gasteiger partial charge in [-0.05, 0) is 17.5 Å². The number of morpholine rings is 1. The zero-order valence-corrected chi connectivity index (χ0v) is 14.5. The average Bonchev–Trinajstić information content (AvgIpc) is 2.69. The second-order valence-electron chi connectivity index (χ2n) is 6.58. The largest absolute Gasteiger partial charge is 0.379 e. The van der Waals surface area contributed by atoms with Gasteiger partial charge in [-0.3, -0.25) is 4.90 Å². The molecule has 2 aliphatic rings. The van der Waals surface area contributed by atoms with Crippen LogP contribution in [0.4, 0.5) is 11.6 Å². The molecule has 0 saturated carbocycles. The van der Waals surface area contributed by atoms with Crippen LogP contribution < -0.4 is 10.2 Å². The molecule has 25 heavy (non-hydrogen) atoms. The number of hydrogen-bond acceptors (Lipinski definition) is 6. The van der Waals surface area contributed by atoms with Crippen molar-refractivity contribution in [2.75, 3.05) is 56.2 Å². The minimum Gasteiger partial charge on any atom is -0.379 e. The summed E-state index contributed by atoms with van der Waals surface area (Å²) in [5.74, 6) is 1.90. The Labute approximate surface area is 148 Å². The molecule has 3 heterocycles. The van der Waals surface area contributed by atoms with Gasteiger partial charge in [0.1, 0.15) is 18.0 Å².